The molecule has 58 valence electrons. The van der Waals surface area contributed by atoms with Crippen molar-refractivity contribution in [3.8, 4) is 0 Å². The number of carbonyl (C=O) groups is 2. The van der Waals surface area contributed by atoms with Crippen molar-refractivity contribution >= 4 is 11.8 Å². The minimum atomic E-state index is -1.68. The number of nitrogens with zero attached hydrogens (tertiary/aromatic N) is 1. The number of carbonyl (C=O) groups excluding carboxylic acids is 2. The van der Waals surface area contributed by atoms with Gasteiger partial charge in [0.05, 0.1) is 0 Å². The van der Waals surface area contributed by atoms with Gasteiger partial charge >= 0.3 is 75.4 Å². The Hall–Kier alpha value is 0.517. The van der Waals surface area contributed by atoms with E-state index in [2.05, 4.69) is 0 Å². The SMILES string of the molecule is CC(=O)[N](C(C)=O)[W]([CH3])[W]. The van der Waals surface area contributed by atoms with Gasteiger partial charge in [0.15, 0.2) is 0 Å². The fourth-order valence-electron chi connectivity index (χ4n) is 0.584. The zero-order valence-corrected chi connectivity index (χ0v) is 11.9. The second kappa shape index (κ2) is 4.41. The van der Waals surface area contributed by atoms with Crippen molar-refractivity contribution in [2.45, 2.75) is 19.2 Å². The van der Waals surface area contributed by atoms with E-state index in [1.807, 2.05) is 5.31 Å². The number of hydrogen-bond acceptors (Lipinski definition) is 2. The molecule has 0 fully saturated rings. The van der Waals surface area contributed by atoms with E-state index in [4.69, 9.17) is 0 Å². The Balaban J connectivity index is 4.27. The topological polar surface area (TPSA) is 37.4 Å². The Morgan fingerprint density at radius 3 is 1.60 bits per heavy atom. The van der Waals surface area contributed by atoms with Crippen LogP contribution in [0.4, 0.5) is 0 Å². The molecule has 0 aliphatic heterocycles. The summed E-state index contributed by atoms with van der Waals surface area (Å²) in [4.78, 5) is 21.6. The zero-order valence-electron chi connectivity index (χ0n) is 6.08. The summed E-state index contributed by atoms with van der Waals surface area (Å²) < 4.78 is 1.45. The fraction of sp³-hybridized carbons (Fsp3) is 0.600. The summed E-state index contributed by atoms with van der Waals surface area (Å²) in [6.45, 7) is 2.90. The quantitative estimate of drug-likeness (QED) is 0.543. The van der Waals surface area contributed by atoms with Gasteiger partial charge in [-0.15, -0.1) is 0 Å². The minimum absolute atomic E-state index is 0.0849. The van der Waals surface area contributed by atoms with Crippen molar-refractivity contribution in [1.82, 2.24) is 3.46 Å². The standard InChI is InChI=1S/C4H7NO2.CH3.2W/c1-3(6)5-4(2)7;;;/h1-2H3,(H,5,6,7);1H3;;/q;;;+1/p-1. The summed E-state index contributed by atoms with van der Waals surface area (Å²) in [5.74, 6) is -0.170. The zero-order chi connectivity index (χ0) is 8.31. The predicted octanol–water partition coefficient (Wildman–Crippen LogP) is 0.425. The molecule has 0 spiro atoms. The Morgan fingerprint density at radius 2 is 1.60 bits per heavy atom. The van der Waals surface area contributed by atoms with Gasteiger partial charge in [0.1, 0.15) is 0 Å². The molecule has 0 bridgehead atoms. The number of rotatable bonds is 1. The molecule has 0 aromatic heterocycles. The van der Waals surface area contributed by atoms with Gasteiger partial charge in [-0.3, -0.25) is 0 Å². The molecule has 0 atom stereocenters. The van der Waals surface area contributed by atoms with E-state index in [-0.39, 0.29) is 11.8 Å². The average Bonchev–Trinajstić information content (AvgIpc) is 1.59. The van der Waals surface area contributed by atoms with E-state index in [0.29, 0.717) is 0 Å². The first-order valence-corrected chi connectivity index (χ1v) is 17.9. The molecular weight excluding hydrogens is 474 g/mol. The van der Waals surface area contributed by atoms with Gasteiger partial charge in [0, 0.05) is 0 Å². The molecule has 0 unspecified atom stereocenters. The van der Waals surface area contributed by atoms with Gasteiger partial charge in [0.2, 0.25) is 0 Å². The third kappa shape index (κ3) is 3.07. The molecule has 0 saturated carbocycles. The molecule has 0 aliphatic rings. The van der Waals surface area contributed by atoms with E-state index < -0.39 is 14.6 Å². The van der Waals surface area contributed by atoms with Crippen molar-refractivity contribution in [1.29, 1.82) is 0 Å². The summed E-state index contributed by atoms with van der Waals surface area (Å²) in [5, 5.41) is 2.04. The second-order valence-corrected chi connectivity index (χ2v) is 20.3. The molecular formula is C5H9NO2W2. The van der Waals surface area contributed by atoms with Crippen molar-refractivity contribution in [3.63, 3.8) is 0 Å². The van der Waals surface area contributed by atoms with Gasteiger partial charge in [-0.2, -0.15) is 0 Å². The molecule has 0 N–H and O–H groups in total. The Kier molecular flexibility index (Phi) is 4.63. The molecule has 2 amide bonds. The normalized spacial score (nSPS) is 9.60. The van der Waals surface area contributed by atoms with E-state index in [9.17, 15) is 9.59 Å². The van der Waals surface area contributed by atoms with Crippen LogP contribution >= 0.6 is 0 Å². The van der Waals surface area contributed by atoms with E-state index >= 15 is 0 Å². The van der Waals surface area contributed by atoms with Crippen LogP contribution in [-0.2, 0) is 41.0 Å². The van der Waals surface area contributed by atoms with Crippen molar-refractivity contribution in [2.24, 2.45) is 0 Å². The fourth-order valence-corrected chi connectivity index (χ4v) is 9.36. The maximum absolute atomic E-state index is 10.8. The molecule has 3 nitrogen and oxygen atoms in total. The third-order valence-corrected chi connectivity index (χ3v) is 8.91. The van der Waals surface area contributed by atoms with E-state index in [1.165, 1.54) is 34.1 Å². The van der Waals surface area contributed by atoms with Crippen LogP contribution < -0.4 is 0 Å². The van der Waals surface area contributed by atoms with Gasteiger partial charge in [-0.1, -0.05) is 0 Å². The number of hydrogen-bond donors (Lipinski definition) is 0. The number of amides is 2. The van der Waals surface area contributed by atoms with Crippen LogP contribution in [0.15, 0.2) is 0 Å². The molecule has 10 heavy (non-hydrogen) atoms. The first-order chi connectivity index (χ1) is 4.46. The summed E-state index contributed by atoms with van der Waals surface area (Å²) in [7, 11) is 0. The molecule has 0 aromatic carbocycles. The molecule has 5 heteroatoms. The average molecular weight is 483 g/mol. The first-order valence-electron chi connectivity index (χ1n) is 2.61. The summed E-state index contributed by atoms with van der Waals surface area (Å²) in [5.41, 5.74) is 0. The van der Waals surface area contributed by atoms with Gasteiger partial charge in [0.25, 0.3) is 0 Å². The Labute approximate surface area is 75.1 Å². The van der Waals surface area contributed by atoms with Gasteiger partial charge in [-0.25, -0.2) is 0 Å². The Morgan fingerprint density at radius 1 is 1.30 bits per heavy atom. The van der Waals surface area contributed by atoms with Crippen LogP contribution in [0.3, 0.4) is 0 Å². The molecule has 0 heterocycles. The van der Waals surface area contributed by atoms with E-state index in [1.54, 1.807) is 0 Å². The summed E-state index contributed by atoms with van der Waals surface area (Å²) in [6, 6.07) is 0. The van der Waals surface area contributed by atoms with Crippen LogP contribution in [-0.4, -0.2) is 15.3 Å². The summed E-state index contributed by atoms with van der Waals surface area (Å²) >= 11 is -0.260. The van der Waals surface area contributed by atoms with Crippen LogP contribution in [0.1, 0.15) is 13.8 Å². The van der Waals surface area contributed by atoms with Crippen LogP contribution in [0.5, 0.6) is 0 Å². The number of imide groups is 1. The van der Waals surface area contributed by atoms with Gasteiger partial charge in [-0.05, 0) is 0 Å². The van der Waals surface area contributed by atoms with Crippen molar-refractivity contribution in [2.75, 3.05) is 0 Å². The maximum atomic E-state index is 10.8. The van der Waals surface area contributed by atoms with Crippen LogP contribution in [0.2, 0.25) is 5.31 Å². The molecule has 0 rings (SSSR count). The predicted molar refractivity (Wildman–Crippen MR) is 29.1 cm³/mol. The van der Waals surface area contributed by atoms with Crippen molar-refractivity contribution < 1.29 is 41.0 Å². The van der Waals surface area contributed by atoms with Gasteiger partial charge < -0.3 is 0 Å². The van der Waals surface area contributed by atoms with E-state index in [0.717, 1.165) is 0 Å². The first kappa shape index (κ1) is 10.5. The molecule has 0 saturated heterocycles. The third-order valence-electron chi connectivity index (χ3n) is 0.829. The molecule has 0 aliphatic carbocycles. The second-order valence-electron chi connectivity index (χ2n) is 1.76. The Bertz CT molecular complexity index is 144. The van der Waals surface area contributed by atoms with Crippen LogP contribution in [0, 0.1) is 0 Å². The van der Waals surface area contributed by atoms with Crippen LogP contribution in [0.25, 0.3) is 0 Å². The summed E-state index contributed by atoms with van der Waals surface area (Å²) in [6.07, 6.45) is 0. The monoisotopic (exact) mass is 483 g/mol. The molecule has 0 aromatic rings. The van der Waals surface area contributed by atoms with Crippen molar-refractivity contribution in [3.05, 3.63) is 0 Å². The molecule has 0 radical (unpaired) electrons.